The first-order valence-corrected chi connectivity index (χ1v) is 5.98. The highest BCUT2D eigenvalue weighted by atomic mass is 79.9. The quantitative estimate of drug-likeness (QED) is 0.786. The van der Waals surface area contributed by atoms with E-state index in [9.17, 15) is 0 Å². The SMILES string of the molecule is Clc1ccc(-c2nnc(Br)s2)c(Cl)c1. The third kappa shape index (κ3) is 2.08. The summed E-state index contributed by atoms with van der Waals surface area (Å²) in [5.41, 5.74) is 0.847. The van der Waals surface area contributed by atoms with Crippen molar-refractivity contribution in [3.8, 4) is 10.6 Å². The Morgan fingerprint density at radius 1 is 1.21 bits per heavy atom. The molecule has 72 valence electrons. The Hall–Kier alpha value is -0.160. The first-order chi connectivity index (χ1) is 6.66. The van der Waals surface area contributed by atoms with Gasteiger partial charge in [0.05, 0.1) is 5.02 Å². The molecule has 1 aromatic heterocycles. The van der Waals surface area contributed by atoms with E-state index in [0.29, 0.717) is 10.0 Å². The fraction of sp³-hybridized carbons (Fsp3) is 0. The van der Waals surface area contributed by atoms with Crippen LogP contribution in [-0.2, 0) is 0 Å². The van der Waals surface area contributed by atoms with E-state index in [1.165, 1.54) is 11.3 Å². The number of aromatic nitrogens is 2. The van der Waals surface area contributed by atoms with Gasteiger partial charge < -0.3 is 0 Å². The molecule has 1 aromatic carbocycles. The lowest BCUT2D eigenvalue weighted by Gasteiger charge is -1.98. The number of hydrogen-bond acceptors (Lipinski definition) is 3. The van der Waals surface area contributed by atoms with Crippen molar-refractivity contribution in [2.75, 3.05) is 0 Å². The Morgan fingerprint density at radius 3 is 2.57 bits per heavy atom. The molecule has 0 aliphatic rings. The molecular formula is C8H3BrCl2N2S. The van der Waals surface area contributed by atoms with Crippen LogP contribution >= 0.6 is 50.5 Å². The van der Waals surface area contributed by atoms with Crippen LogP contribution in [0.15, 0.2) is 22.1 Å². The fourth-order valence-corrected chi connectivity index (χ4v) is 2.68. The molecule has 0 bridgehead atoms. The summed E-state index contributed by atoms with van der Waals surface area (Å²) in [4.78, 5) is 0. The van der Waals surface area contributed by atoms with E-state index in [1.807, 2.05) is 6.07 Å². The van der Waals surface area contributed by atoms with E-state index in [4.69, 9.17) is 23.2 Å². The molecule has 0 atom stereocenters. The molecule has 0 aliphatic carbocycles. The molecular weight excluding hydrogens is 307 g/mol. The largest absolute Gasteiger partial charge is 0.183 e. The van der Waals surface area contributed by atoms with Gasteiger partial charge in [0, 0.05) is 10.6 Å². The van der Waals surface area contributed by atoms with Crippen LogP contribution in [0.2, 0.25) is 10.0 Å². The Kier molecular flexibility index (Phi) is 3.07. The summed E-state index contributed by atoms with van der Waals surface area (Å²) in [5, 5.41) is 9.79. The molecule has 0 saturated heterocycles. The summed E-state index contributed by atoms with van der Waals surface area (Å²) < 4.78 is 0.735. The van der Waals surface area contributed by atoms with E-state index < -0.39 is 0 Å². The molecule has 0 unspecified atom stereocenters. The average Bonchev–Trinajstić information content (AvgIpc) is 2.51. The summed E-state index contributed by atoms with van der Waals surface area (Å²) in [6.07, 6.45) is 0. The smallest absolute Gasteiger partial charge is 0.137 e. The number of hydrogen-bond donors (Lipinski definition) is 0. The van der Waals surface area contributed by atoms with Crippen molar-refractivity contribution in [1.29, 1.82) is 0 Å². The molecule has 0 saturated carbocycles. The van der Waals surface area contributed by atoms with Gasteiger partial charge in [0.15, 0.2) is 3.92 Å². The maximum absolute atomic E-state index is 6.01. The van der Waals surface area contributed by atoms with E-state index in [0.717, 1.165) is 14.5 Å². The van der Waals surface area contributed by atoms with Gasteiger partial charge in [-0.05, 0) is 34.1 Å². The van der Waals surface area contributed by atoms with Crippen LogP contribution in [0.1, 0.15) is 0 Å². The van der Waals surface area contributed by atoms with Gasteiger partial charge in [-0.3, -0.25) is 0 Å². The average molecular weight is 310 g/mol. The van der Waals surface area contributed by atoms with Gasteiger partial charge >= 0.3 is 0 Å². The summed E-state index contributed by atoms with van der Waals surface area (Å²) in [6, 6.07) is 5.30. The van der Waals surface area contributed by atoms with E-state index in [1.54, 1.807) is 12.1 Å². The molecule has 2 rings (SSSR count). The second kappa shape index (κ2) is 4.14. The van der Waals surface area contributed by atoms with Crippen molar-refractivity contribution in [3.05, 3.63) is 32.2 Å². The van der Waals surface area contributed by atoms with E-state index in [2.05, 4.69) is 26.1 Å². The van der Waals surface area contributed by atoms with Crippen LogP contribution in [0.5, 0.6) is 0 Å². The second-order valence-corrected chi connectivity index (χ2v) is 5.58. The van der Waals surface area contributed by atoms with Gasteiger partial charge in [0.2, 0.25) is 0 Å². The van der Waals surface area contributed by atoms with Crippen molar-refractivity contribution in [2.24, 2.45) is 0 Å². The summed E-state index contributed by atoms with van der Waals surface area (Å²) in [6.45, 7) is 0. The zero-order valence-corrected chi connectivity index (χ0v) is 10.6. The molecule has 1 heterocycles. The minimum atomic E-state index is 0.584. The highest BCUT2D eigenvalue weighted by Gasteiger charge is 2.08. The lowest BCUT2D eigenvalue weighted by atomic mass is 10.2. The van der Waals surface area contributed by atoms with Crippen LogP contribution in [0.4, 0.5) is 0 Å². The molecule has 0 fully saturated rings. The Labute approximate surface area is 103 Å². The van der Waals surface area contributed by atoms with E-state index >= 15 is 0 Å². The minimum Gasteiger partial charge on any atom is -0.137 e. The van der Waals surface area contributed by atoms with Gasteiger partial charge in [-0.2, -0.15) is 0 Å². The topological polar surface area (TPSA) is 25.8 Å². The first kappa shape index (κ1) is 10.4. The Balaban J connectivity index is 2.52. The van der Waals surface area contributed by atoms with E-state index in [-0.39, 0.29) is 0 Å². The van der Waals surface area contributed by atoms with Crippen molar-refractivity contribution in [3.63, 3.8) is 0 Å². The van der Waals surface area contributed by atoms with Gasteiger partial charge in [-0.15, -0.1) is 10.2 Å². The Morgan fingerprint density at radius 2 is 2.00 bits per heavy atom. The van der Waals surface area contributed by atoms with Crippen molar-refractivity contribution in [1.82, 2.24) is 10.2 Å². The van der Waals surface area contributed by atoms with Gasteiger partial charge in [-0.1, -0.05) is 34.5 Å². The van der Waals surface area contributed by atoms with Crippen molar-refractivity contribution in [2.45, 2.75) is 0 Å². The summed E-state index contributed by atoms with van der Waals surface area (Å²) in [7, 11) is 0. The number of halogens is 3. The van der Waals surface area contributed by atoms with Gasteiger partial charge in [0.1, 0.15) is 5.01 Å². The predicted octanol–water partition coefficient (Wildman–Crippen LogP) is 4.27. The zero-order valence-electron chi connectivity index (χ0n) is 6.67. The number of benzene rings is 1. The lowest BCUT2D eigenvalue weighted by Crippen LogP contribution is -1.78. The minimum absolute atomic E-state index is 0.584. The molecule has 2 aromatic rings. The Bertz CT molecular complexity index is 472. The van der Waals surface area contributed by atoms with Gasteiger partial charge in [-0.25, -0.2) is 0 Å². The first-order valence-electron chi connectivity index (χ1n) is 3.61. The standard InChI is InChI=1S/C8H3BrCl2N2S/c9-8-13-12-7(14-8)5-2-1-4(10)3-6(5)11/h1-3H. The molecule has 0 radical (unpaired) electrons. The van der Waals surface area contributed by atoms with Crippen LogP contribution < -0.4 is 0 Å². The maximum Gasteiger partial charge on any atom is 0.183 e. The summed E-state index contributed by atoms with van der Waals surface area (Å²) >= 11 is 16.5. The molecule has 0 amide bonds. The van der Waals surface area contributed by atoms with Crippen LogP contribution in [-0.4, -0.2) is 10.2 Å². The zero-order chi connectivity index (χ0) is 10.1. The molecule has 2 nitrogen and oxygen atoms in total. The molecule has 6 heteroatoms. The number of rotatable bonds is 1. The predicted molar refractivity (Wildman–Crippen MR) is 63.1 cm³/mol. The number of nitrogens with zero attached hydrogens (tertiary/aromatic N) is 2. The highest BCUT2D eigenvalue weighted by molar-refractivity contribution is 9.11. The van der Waals surface area contributed by atoms with Crippen molar-refractivity contribution < 1.29 is 0 Å². The third-order valence-corrected chi connectivity index (χ3v) is 3.50. The third-order valence-electron chi connectivity index (χ3n) is 1.56. The van der Waals surface area contributed by atoms with Crippen LogP contribution in [0, 0.1) is 0 Å². The normalized spacial score (nSPS) is 10.5. The second-order valence-electron chi connectivity index (χ2n) is 2.48. The lowest BCUT2D eigenvalue weighted by molar-refractivity contribution is 1.08. The van der Waals surface area contributed by atoms with Gasteiger partial charge in [0.25, 0.3) is 0 Å². The molecule has 0 spiro atoms. The maximum atomic E-state index is 6.01. The molecule has 0 aliphatic heterocycles. The van der Waals surface area contributed by atoms with Crippen LogP contribution in [0.25, 0.3) is 10.6 Å². The van der Waals surface area contributed by atoms with Crippen molar-refractivity contribution >= 4 is 50.5 Å². The summed E-state index contributed by atoms with van der Waals surface area (Å²) in [5.74, 6) is 0. The monoisotopic (exact) mass is 308 g/mol. The highest BCUT2D eigenvalue weighted by Crippen LogP contribution is 2.33. The fourth-order valence-electron chi connectivity index (χ4n) is 0.977. The molecule has 14 heavy (non-hydrogen) atoms. The molecule has 0 N–H and O–H groups in total. The van der Waals surface area contributed by atoms with Crippen LogP contribution in [0.3, 0.4) is 0 Å².